The van der Waals surface area contributed by atoms with E-state index < -0.39 is 21.9 Å². The van der Waals surface area contributed by atoms with Crippen molar-refractivity contribution in [3.8, 4) is 0 Å². The summed E-state index contributed by atoms with van der Waals surface area (Å²) < 4.78 is 36.1. The van der Waals surface area contributed by atoms with Crippen molar-refractivity contribution in [3.05, 3.63) is 35.6 Å². The number of rotatable bonds is 5. The summed E-state index contributed by atoms with van der Waals surface area (Å²) in [7, 11) is -3.12. The fourth-order valence-corrected chi connectivity index (χ4v) is 4.74. The SMILES string of the molecule is O=C(C1CCS(=O)(=O)C1)N(CC(O)c1ccc(F)cc1)C1CC1. The first-order valence-corrected chi connectivity index (χ1v) is 9.62. The molecule has 2 unspecified atom stereocenters. The normalized spacial score (nSPS) is 24.3. The van der Waals surface area contributed by atoms with Crippen molar-refractivity contribution in [1.82, 2.24) is 4.90 Å². The number of sulfone groups is 1. The van der Waals surface area contributed by atoms with Gasteiger partial charge in [0.25, 0.3) is 0 Å². The summed E-state index contributed by atoms with van der Waals surface area (Å²) in [5.41, 5.74) is 0.545. The summed E-state index contributed by atoms with van der Waals surface area (Å²) in [5.74, 6) is -1.10. The van der Waals surface area contributed by atoms with Crippen molar-refractivity contribution in [1.29, 1.82) is 0 Å². The first-order chi connectivity index (χ1) is 10.9. The highest BCUT2D eigenvalue weighted by Gasteiger charge is 2.41. The minimum Gasteiger partial charge on any atom is -0.387 e. The van der Waals surface area contributed by atoms with E-state index in [2.05, 4.69) is 0 Å². The predicted octanol–water partition coefficient (Wildman–Crippen LogP) is 1.28. The molecule has 0 aromatic heterocycles. The fourth-order valence-electron chi connectivity index (χ4n) is 3.01. The van der Waals surface area contributed by atoms with Crippen LogP contribution in [0.1, 0.15) is 30.9 Å². The molecular weight excluding hydrogens is 321 g/mol. The lowest BCUT2D eigenvalue weighted by Gasteiger charge is -2.27. The van der Waals surface area contributed by atoms with Crippen molar-refractivity contribution in [2.24, 2.45) is 5.92 Å². The molecule has 1 aliphatic heterocycles. The number of carbonyl (C=O) groups excluding carboxylic acids is 1. The Morgan fingerprint density at radius 2 is 1.91 bits per heavy atom. The second kappa shape index (κ2) is 6.20. The van der Waals surface area contributed by atoms with E-state index in [4.69, 9.17) is 0 Å². The maximum Gasteiger partial charge on any atom is 0.227 e. The average molecular weight is 341 g/mol. The third-order valence-electron chi connectivity index (χ3n) is 4.48. The summed E-state index contributed by atoms with van der Waals surface area (Å²) in [5, 5.41) is 10.3. The van der Waals surface area contributed by atoms with Gasteiger partial charge in [0.2, 0.25) is 5.91 Å². The molecule has 2 atom stereocenters. The van der Waals surface area contributed by atoms with Gasteiger partial charge in [-0.05, 0) is 37.0 Å². The van der Waals surface area contributed by atoms with E-state index in [1.165, 1.54) is 24.3 Å². The summed E-state index contributed by atoms with van der Waals surface area (Å²) in [6, 6.07) is 5.61. The van der Waals surface area contributed by atoms with Crippen molar-refractivity contribution in [2.45, 2.75) is 31.4 Å². The molecule has 2 fully saturated rings. The molecule has 1 heterocycles. The Kier molecular flexibility index (Phi) is 4.42. The van der Waals surface area contributed by atoms with Crippen molar-refractivity contribution in [2.75, 3.05) is 18.1 Å². The number of benzene rings is 1. The van der Waals surface area contributed by atoms with Gasteiger partial charge in [0.1, 0.15) is 5.82 Å². The molecule has 7 heteroatoms. The van der Waals surface area contributed by atoms with Crippen LogP contribution in [0.4, 0.5) is 4.39 Å². The van der Waals surface area contributed by atoms with Gasteiger partial charge in [-0.25, -0.2) is 12.8 Å². The van der Waals surface area contributed by atoms with Gasteiger partial charge >= 0.3 is 0 Å². The van der Waals surface area contributed by atoms with Crippen molar-refractivity contribution < 1.29 is 22.7 Å². The molecule has 1 aromatic rings. The summed E-state index contributed by atoms with van der Waals surface area (Å²) >= 11 is 0. The minimum absolute atomic E-state index is 0.0580. The van der Waals surface area contributed by atoms with E-state index in [1.54, 1.807) is 4.90 Å². The van der Waals surface area contributed by atoms with Crippen LogP contribution in [0, 0.1) is 11.7 Å². The van der Waals surface area contributed by atoms with E-state index in [0.717, 1.165) is 12.8 Å². The Morgan fingerprint density at radius 3 is 2.43 bits per heavy atom. The van der Waals surface area contributed by atoms with Crippen molar-refractivity contribution in [3.63, 3.8) is 0 Å². The second-order valence-electron chi connectivity index (χ2n) is 6.39. The number of aliphatic hydroxyl groups excluding tert-OH is 1. The molecule has 1 aliphatic carbocycles. The van der Waals surface area contributed by atoms with Crippen LogP contribution in [0.5, 0.6) is 0 Å². The minimum atomic E-state index is -3.12. The van der Waals surface area contributed by atoms with Gasteiger partial charge in [0.15, 0.2) is 9.84 Å². The molecule has 0 spiro atoms. The van der Waals surface area contributed by atoms with Gasteiger partial charge < -0.3 is 10.0 Å². The Bertz CT molecular complexity index is 685. The molecule has 1 saturated carbocycles. The van der Waals surface area contributed by atoms with Gasteiger partial charge in [-0.1, -0.05) is 12.1 Å². The van der Waals surface area contributed by atoms with E-state index in [9.17, 15) is 22.7 Å². The number of nitrogens with zero attached hydrogens (tertiary/aromatic N) is 1. The number of carbonyl (C=O) groups is 1. The molecule has 23 heavy (non-hydrogen) atoms. The van der Waals surface area contributed by atoms with E-state index in [1.807, 2.05) is 0 Å². The molecule has 1 N–H and O–H groups in total. The van der Waals surface area contributed by atoms with Crippen LogP contribution in [0.25, 0.3) is 0 Å². The maximum absolute atomic E-state index is 13.0. The standard InChI is InChI=1S/C16H20FNO4S/c17-13-3-1-11(2-4-13)15(19)9-18(14-5-6-14)16(20)12-7-8-23(21,22)10-12/h1-4,12,14-15,19H,5-10H2. The lowest BCUT2D eigenvalue weighted by molar-refractivity contribution is -0.136. The molecule has 126 valence electrons. The van der Waals surface area contributed by atoms with Gasteiger partial charge in [0.05, 0.1) is 30.1 Å². The summed E-state index contributed by atoms with van der Waals surface area (Å²) in [6.45, 7) is 0.117. The quantitative estimate of drug-likeness (QED) is 0.876. The number of amides is 1. The molecule has 1 aromatic carbocycles. The van der Waals surface area contributed by atoms with E-state index in [0.29, 0.717) is 12.0 Å². The van der Waals surface area contributed by atoms with Crippen LogP contribution in [-0.4, -0.2) is 48.4 Å². The average Bonchev–Trinajstić information content (AvgIpc) is 3.28. The predicted molar refractivity (Wildman–Crippen MR) is 82.9 cm³/mol. The Hall–Kier alpha value is -1.47. The first kappa shape index (κ1) is 16.4. The van der Waals surface area contributed by atoms with Crippen LogP contribution in [0.3, 0.4) is 0 Å². The van der Waals surface area contributed by atoms with Crippen LogP contribution < -0.4 is 0 Å². The molecule has 5 nitrogen and oxygen atoms in total. The highest BCUT2D eigenvalue weighted by Crippen LogP contribution is 2.32. The second-order valence-corrected chi connectivity index (χ2v) is 8.62. The zero-order valence-corrected chi connectivity index (χ0v) is 13.5. The fraction of sp³-hybridized carbons (Fsp3) is 0.562. The number of halogens is 1. The third-order valence-corrected chi connectivity index (χ3v) is 6.24. The monoisotopic (exact) mass is 341 g/mol. The van der Waals surface area contributed by atoms with Gasteiger partial charge in [-0.2, -0.15) is 0 Å². The van der Waals surface area contributed by atoms with E-state index >= 15 is 0 Å². The van der Waals surface area contributed by atoms with E-state index in [-0.39, 0.29) is 35.8 Å². The molecule has 1 saturated heterocycles. The molecule has 2 aliphatic rings. The molecule has 3 rings (SSSR count). The Labute approximate surface area is 135 Å². The highest BCUT2D eigenvalue weighted by molar-refractivity contribution is 7.91. The summed E-state index contributed by atoms with van der Waals surface area (Å²) in [6.07, 6.45) is 1.21. The Morgan fingerprint density at radius 1 is 1.26 bits per heavy atom. The van der Waals surface area contributed by atoms with Gasteiger partial charge in [-0.15, -0.1) is 0 Å². The number of hydrogen-bond acceptors (Lipinski definition) is 4. The Balaban J connectivity index is 1.69. The molecule has 1 amide bonds. The summed E-state index contributed by atoms with van der Waals surface area (Å²) in [4.78, 5) is 14.2. The lowest BCUT2D eigenvalue weighted by atomic mass is 10.1. The highest BCUT2D eigenvalue weighted by atomic mass is 32.2. The lowest BCUT2D eigenvalue weighted by Crippen LogP contribution is -2.41. The van der Waals surface area contributed by atoms with Gasteiger partial charge in [0, 0.05) is 6.04 Å². The van der Waals surface area contributed by atoms with Crippen LogP contribution in [0.15, 0.2) is 24.3 Å². The topological polar surface area (TPSA) is 74.7 Å². The van der Waals surface area contributed by atoms with Crippen molar-refractivity contribution >= 4 is 15.7 Å². The zero-order valence-electron chi connectivity index (χ0n) is 12.7. The van der Waals surface area contributed by atoms with Crippen LogP contribution >= 0.6 is 0 Å². The molecule has 0 radical (unpaired) electrons. The zero-order chi connectivity index (χ0) is 16.6. The molecular formula is C16H20FNO4S. The number of aliphatic hydroxyl groups is 1. The number of hydrogen-bond donors (Lipinski definition) is 1. The van der Waals surface area contributed by atoms with Gasteiger partial charge in [-0.3, -0.25) is 4.79 Å². The molecule has 0 bridgehead atoms. The third kappa shape index (κ3) is 3.90. The smallest absolute Gasteiger partial charge is 0.227 e. The first-order valence-electron chi connectivity index (χ1n) is 7.80. The maximum atomic E-state index is 13.0. The van der Waals surface area contributed by atoms with Crippen LogP contribution in [0.2, 0.25) is 0 Å². The van der Waals surface area contributed by atoms with Crippen LogP contribution in [-0.2, 0) is 14.6 Å². The largest absolute Gasteiger partial charge is 0.387 e.